The molecular weight excluding hydrogens is 276 g/mol. The highest BCUT2D eigenvalue weighted by Crippen LogP contribution is 2.22. The molecule has 2 rings (SSSR count). The van der Waals surface area contributed by atoms with Crippen molar-refractivity contribution in [3.63, 3.8) is 0 Å². The third kappa shape index (κ3) is 2.66. The van der Waals surface area contributed by atoms with E-state index in [1.165, 1.54) is 24.4 Å². The Morgan fingerprint density at radius 1 is 1.33 bits per heavy atom. The van der Waals surface area contributed by atoms with E-state index in [2.05, 4.69) is 10.3 Å². The summed E-state index contributed by atoms with van der Waals surface area (Å²) in [6.07, 6.45) is 1.32. The molecule has 1 amide bonds. The van der Waals surface area contributed by atoms with Crippen molar-refractivity contribution in [1.82, 2.24) is 4.98 Å². The van der Waals surface area contributed by atoms with Gasteiger partial charge in [0.2, 0.25) is 0 Å². The van der Waals surface area contributed by atoms with E-state index >= 15 is 0 Å². The fourth-order valence-corrected chi connectivity index (χ4v) is 2.08. The minimum atomic E-state index is -1.07. The number of rotatable bonds is 3. The van der Waals surface area contributed by atoms with Crippen molar-refractivity contribution in [3.8, 4) is 0 Å². The number of aromatic nitrogens is 1. The van der Waals surface area contributed by atoms with Crippen LogP contribution in [-0.2, 0) is 0 Å². The quantitative estimate of drug-likeness (QED) is 0.849. The minimum Gasteiger partial charge on any atom is -0.477 e. The predicted octanol–water partition coefficient (Wildman–Crippen LogP) is 2.75. The third-order valence-corrected chi connectivity index (χ3v) is 3.22. The van der Waals surface area contributed by atoms with Gasteiger partial charge in [0.05, 0.1) is 11.3 Å². The molecule has 0 aromatic carbocycles. The van der Waals surface area contributed by atoms with Crippen molar-refractivity contribution in [3.05, 3.63) is 45.4 Å². The topological polar surface area (TPSA) is 79.3 Å². The molecule has 0 radical (unpaired) electrons. The average Bonchev–Trinajstić information content (AvgIpc) is 2.78. The van der Waals surface area contributed by atoms with Crippen LogP contribution in [0.5, 0.6) is 0 Å². The van der Waals surface area contributed by atoms with Crippen LogP contribution in [0.1, 0.15) is 20.0 Å². The first-order chi connectivity index (χ1) is 8.58. The summed E-state index contributed by atoms with van der Waals surface area (Å²) in [5.41, 5.74) is 0.578. The van der Waals surface area contributed by atoms with Crippen molar-refractivity contribution < 1.29 is 14.7 Å². The minimum absolute atomic E-state index is 0.0882. The Morgan fingerprint density at radius 2 is 2.11 bits per heavy atom. The van der Waals surface area contributed by atoms with Gasteiger partial charge < -0.3 is 10.4 Å². The van der Waals surface area contributed by atoms with E-state index in [1.807, 2.05) is 0 Å². The zero-order valence-corrected chi connectivity index (χ0v) is 10.5. The second-order valence-corrected chi connectivity index (χ2v) is 4.60. The summed E-state index contributed by atoms with van der Waals surface area (Å²) >= 11 is 6.65. The van der Waals surface area contributed by atoms with E-state index in [-0.39, 0.29) is 15.7 Å². The molecule has 18 heavy (non-hydrogen) atoms. The molecule has 7 heteroatoms. The second kappa shape index (κ2) is 5.16. The highest BCUT2D eigenvalue weighted by Gasteiger charge is 2.14. The van der Waals surface area contributed by atoms with Gasteiger partial charge in [-0.25, -0.2) is 9.78 Å². The van der Waals surface area contributed by atoms with Crippen molar-refractivity contribution in [2.45, 2.75) is 0 Å². The van der Waals surface area contributed by atoms with Crippen molar-refractivity contribution in [2.24, 2.45) is 0 Å². The highest BCUT2D eigenvalue weighted by molar-refractivity contribution is 7.12. The molecular formula is C11H7ClN2O3S. The number of thiophene rings is 1. The Balaban J connectivity index is 2.19. The van der Waals surface area contributed by atoms with E-state index in [9.17, 15) is 9.59 Å². The Bertz CT molecular complexity index is 595. The fourth-order valence-electron chi connectivity index (χ4n) is 1.28. The van der Waals surface area contributed by atoms with Gasteiger partial charge in [0.15, 0.2) is 0 Å². The molecule has 5 nitrogen and oxygen atoms in total. The Labute approximate surface area is 111 Å². The number of carboxylic acids is 1. The van der Waals surface area contributed by atoms with Gasteiger partial charge in [-0.15, -0.1) is 11.3 Å². The summed E-state index contributed by atoms with van der Waals surface area (Å²) in [4.78, 5) is 26.6. The molecule has 0 saturated heterocycles. The maximum Gasteiger partial charge on any atom is 0.348 e. The van der Waals surface area contributed by atoms with Gasteiger partial charge in [-0.05, 0) is 23.6 Å². The van der Waals surface area contributed by atoms with E-state index in [0.29, 0.717) is 5.56 Å². The van der Waals surface area contributed by atoms with Gasteiger partial charge >= 0.3 is 5.97 Å². The molecule has 0 fully saturated rings. The number of nitrogens with zero attached hydrogens (tertiary/aromatic N) is 1. The number of carbonyl (C=O) groups excluding carboxylic acids is 1. The summed E-state index contributed by atoms with van der Waals surface area (Å²) in [7, 11) is 0. The zero-order chi connectivity index (χ0) is 13.1. The number of hydrogen-bond acceptors (Lipinski definition) is 4. The van der Waals surface area contributed by atoms with Crippen LogP contribution in [0.2, 0.25) is 5.15 Å². The van der Waals surface area contributed by atoms with Gasteiger partial charge in [-0.1, -0.05) is 11.6 Å². The van der Waals surface area contributed by atoms with Crippen LogP contribution in [0.3, 0.4) is 0 Å². The van der Waals surface area contributed by atoms with E-state index < -0.39 is 11.9 Å². The Kier molecular flexibility index (Phi) is 3.59. The lowest BCUT2D eigenvalue weighted by Gasteiger charge is -2.04. The number of carboxylic acid groups (broad SMARTS) is 1. The summed E-state index contributed by atoms with van der Waals surface area (Å²) in [5, 5.41) is 13.3. The first-order valence-electron chi connectivity index (χ1n) is 4.81. The van der Waals surface area contributed by atoms with Crippen LogP contribution in [0.4, 0.5) is 5.69 Å². The average molecular weight is 283 g/mol. The maximum absolute atomic E-state index is 11.8. The molecule has 0 aliphatic rings. The Morgan fingerprint density at radius 3 is 2.72 bits per heavy atom. The first kappa shape index (κ1) is 12.5. The van der Waals surface area contributed by atoms with E-state index in [1.54, 1.807) is 5.38 Å². The molecule has 2 aromatic heterocycles. The molecule has 0 atom stereocenters. The lowest BCUT2D eigenvalue weighted by molar-refractivity contribution is 0.0703. The van der Waals surface area contributed by atoms with E-state index in [4.69, 9.17) is 16.7 Å². The number of halogens is 1. The number of aromatic carboxylic acids is 1. The molecule has 0 bridgehead atoms. The van der Waals surface area contributed by atoms with Crippen LogP contribution in [0.25, 0.3) is 0 Å². The molecule has 92 valence electrons. The lowest BCUT2D eigenvalue weighted by Crippen LogP contribution is -2.13. The maximum atomic E-state index is 11.8. The van der Waals surface area contributed by atoms with Gasteiger partial charge in [-0.3, -0.25) is 4.79 Å². The Hall–Kier alpha value is -1.92. The SMILES string of the molecule is O=C(Nc1ccsc1C(=O)O)c1ccc(Cl)nc1. The lowest BCUT2D eigenvalue weighted by atomic mass is 10.2. The number of anilines is 1. The standard InChI is InChI=1S/C11H7ClN2O3S/c12-8-2-1-6(5-13-8)10(15)14-7-3-4-18-9(7)11(16)17/h1-5H,(H,14,15)(H,16,17). The number of nitrogens with one attached hydrogen (secondary N) is 1. The summed E-state index contributed by atoms with van der Waals surface area (Å²) in [6, 6.07) is 4.54. The molecule has 0 spiro atoms. The summed E-state index contributed by atoms with van der Waals surface area (Å²) < 4.78 is 0. The normalized spacial score (nSPS) is 10.1. The van der Waals surface area contributed by atoms with Crippen LogP contribution < -0.4 is 5.32 Å². The van der Waals surface area contributed by atoms with Crippen LogP contribution >= 0.6 is 22.9 Å². The smallest absolute Gasteiger partial charge is 0.348 e. The van der Waals surface area contributed by atoms with Crippen LogP contribution in [0.15, 0.2) is 29.8 Å². The van der Waals surface area contributed by atoms with E-state index in [0.717, 1.165) is 11.3 Å². The zero-order valence-electron chi connectivity index (χ0n) is 8.88. The molecule has 0 aliphatic heterocycles. The highest BCUT2D eigenvalue weighted by atomic mass is 35.5. The van der Waals surface area contributed by atoms with Gasteiger partial charge in [-0.2, -0.15) is 0 Å². The second-order valence-electron chi connectivity index (χ2n) is 3.29. The number of pyridine rings is 1. The van der Waals surface area contributed by atoms with Crippen LogP contribution in [0, 0.1) is 0 Å². The fraction of sp³-hybridized carbons (Fsp3) is 0. The predicted molar refractivity (Wildman–Crippen MR) is 68.5 cm³/mol. The number of amides is 1. The number of hydrogen-bond donors (Lipinski definition) is 2. The number of carbonyl (C=O) groups is 2. The van der Waals surface area contributed by atoms with Gasteiger partial charge in [0.1, 0.15) is 10.0 Å². The molecule has 0 saturated carbocycles. The monoisotopic (exact) mass is 282 g/mol. The summed E-state index contributed by atoms with van der Waals surface area (Å²) in [6.45, 7) is 0. The third-order valence-electron chi connectivity index (χ3n) is 2.10. The van der Waals surface area contributed by atoms with Crippen LogP contribution in [-0.4, -0.2) is 22.0 Å². The molecule has 2 N–H and O–H groups in total. The van der Waals surface area contributed by atoms with Gasteiger partial charge in [0.25, 0.3) is 5.91 Å². The van der Waals surface area contributed by atoms with Crippen molar-refractivity contribution in [1.29, 1.82) is 0 Å². The molecule has 2 heterocycles. The van der Waals surface area contributed by atoms with Gasteiger partial charge in [0, 0.05) is 6.20 Å². The van der Waals surface area contributed by atoms with Crippen molar-refractivity contribution >= 4 is 40.5 Å². The molecule has 0 aliphatic carbocycles. The first-order valence-corrected chi connectivity index (χ1v) is 6.07. The largest absolute Gasteiger partial charge is 0.477 e. The summed E-state index contributed by atoms with van der Waals surface area (Å²) in [5.74, 6) is -1.51. The molecule has 0 unspecified atom stereocenters. The van der Waals surface area contributed by atoms with Crippen molar-refractivity contribution in [2.75, 3.05) is 5.32 Å². The molecule has 2 aromatic rings.